The van der Waals surface area contributed by atoms with Crippen molar-refractivity contribution in [3.05, 3.63) is 29.3 Å². The van der Waals surface area contributed by atoms with Gasteiger partial charge in [-0.3, -0.25) is 4.99 Å². The Kier molecular flexibility index (Phi) is 13.5. The molecule has 0 saturated heterocycles. The Morgan fingerprint density at radius 2 is 1.86 bits per heavy atom. The van der Waals surface area contributed by atoms with Crippen LogP contribution in [0.1, 0.15) is 38.3 Å². The van der Waals surface area contributed by atoms with Crippen molar-refractivity contribution in [3.8, 4) is 5.75 Å². The molecule has 7 heteroatoms. The molecule has 0 aliphatic carbocycles. The SMILES string of the molecule is CN=C(NCc1ccc(C)cc1OCCCOC)NCC(OC)C(C)(C)C.I. The number of nitrogens with zero attached hydrogens (tertiary/aromatic N) is 1. The molecule has 1 rings (SSSR count). The summed E-state index contributed by atoms with van der Waals surface area (Å²) in [5.41, 5.74) is 2.33. The minimum Gasteiger partial charge on any atom is -0.493 e. The molecule has 162 valence electrons. The summed E-state index contributed by atoms with van der Waals surface area (Å²) in [4.78, 5) is 4.31. The number of nitrogens with one attached hydrogen (secondary N) is 2. The van der Waals surface area contributed by atoms with Crippen LogP contribution in [0.4, 0.5) is 0 Å². The molecule has 1 aromatic carbocycles. The van der Waals surface area contributed by atoms with E-state index in [0.29, 0.717) is 26.3 Å². The molecule has 28 heavy (non-hydrogen) atoms. The average molecular weight is 507 g/mol. The molecule has 0 aliphatic rings. The second-order valence-electron chi connectivity index (χ2n) is 7.70. The third-order valence-corrected chi connectivity index (χ3v) is 4.35. The Morgan fingerprint density at radius 3 is 2.43 bits per heavy atom. The normalized spacial score (nSPS) is 12.9. The van der Waals surface area contributed by atoms with Gasteiger partial charge in [-0.25, -0.2) is 0 Å². The molecule has 0 heterocycles. The van der Waals surface area contributed by atoms with Gasteiger partial charge in [0.25, 0.3) is 0 Å². The summed E-state index contributed by atoms with van der Waals surface area (Å²) in [6.07, 6.45) is 0.959. The number of guanidine groups is 1. The highest BCUT2D eigenvalue weighted by Gasteiger charge is 2.24. The summed E-state index contributed by atoms with van der Waals surface area (Å²) in [5.74, 6) is 1.64. The first-order valence-corrected chi connectivity index (χ1v) is 9.50. The molecule has 1 aromatic rings. The minimum absolute atomic E-state index is 0. The molecule has 0 spiro atoms. The van der Waals surface area contributed by atoms with Crippen LogP contribution in [0, 0.1) is 12.3 Å². The van der Waals surface area contributed by atoms with Gasteiger partial charge in [-0.15, -0.1) is 24.0 Å². The van der Waals surface area contributed by atoms with E-state index in [2.05, 4.69) is 61.5 Å². The van der Waals surface area contributed by atoms with E-state index in [1.54, 1.807) is 21.3 Å². The molecule has 6 nitrogen and oxygen atoms in total. The van der Waals surface area contributed by atoms with Crippen molar-refractivity contribution in [2.45, 2.75) is 46.8 Å². The maximum Gasteiger partial charge on any atom is 0.191 e. The van der Waals surface area contributed by atoms with Gasteiger partial charge in [0, 0.05) is 52.9 Å². The van der Waals surface area contributed by atoms with E-state index in [-0.39, 0.29) is 35.5 Å². The maximum absolute atomic E-state index is 5.95. The van der Waals surface area contributed by atoms with E-state index in [9.17, 15) is 0 Å². The first-order chi connectivity index (χ1) is 12.8. The monoisotopic (exact) mass is 507 g/mol. The summed E-state index contributed by atoms with van der Waals surface area (Å²) < 4.78 is 16.6. The number of ether oxygens (including phenoxy) is 3. The molecule has 0 amide bonds. The Morgan fingerprint density at radius 1 is 1.14 bits per heavy atom. The highest BCUT2D eigenvalue weighted by atomic mass is 127. The quantitative estimate of drug-likeness (QED) is 0.219. The van der Waals surface area contributed by atoms with Gasteiger partial charge >= 0.3 is 0 Å². The van der Waals surface area contributed by atoms with Gasteiger partial charge < -0.3 is 24.8 Å². The van der Waals surface area contributed by atoms with Gasteiger partial charge in [0.1, 0.15) is 5.75 Å². The second-order valence-corrected chi connectivity index (χ2v) is 7.70. The van der Waals surface area contributed by atoms with Gasteiger partial charge in [0.2, 0.25) is 0 Å². The fourth-order valence-electron chi connectivity index (χ4n) is 2.66. The van der Waals surface area contributed by atoms with Crippen LogP contribution in [-0.2, 0) is 16.0 Å². The average Bonchev–Trinajstić information content (AvgIpc) is 2.62. The predicted molar refractivity (Wildman–Crippen MR) is 127 cm³/mol. The summed E-state index contributed by atoms with van der Waals surface area (Å²) in [5, 5.41) is 6.70. The number of rotatable bonds is 10. The lowest BCUT2D eigenvalue weighted by Crippen LogP contribution is -2.45. The zero-order chi connectivity index (χ0) is 20.3. The van der Waals surface area contributed by atoms with E-state index in [1.165, 1.54) is 5.56 Å². The number of benzene rings is 1. The van der Waals surface area contributed by atoms with Crippen LogP contribution in [0.3, 0.4) is 0 Å². The fraction of sp³-hybridized carbons (Fsp3) is 0.667. The second kappa shape index (κ2) is 14.0. The third-order valence-electron chi connectivity index (χ3n) is 4.35. The summed E-state index contributed by atoms with van der Waals surface area (Å²) >= 11 is 0. The van der Waals surface area contributed by atoms with E-state index in [1.807, 2.05) is 0 Å². The molecule has 0 radical (unpaired) electrons. The number of methoxy groups -OCH3 is 2. The number of aliphatic imine (C=N–C) groups is 1. The van der Waals surface area contributed by atoms with E-state index >= 15 is 0 Å². The van der Waals surface area contributed by atoms with E-state index in [4.69, 9.17) is 14.2 Å². The van der Waals surface area contributed by atoms with Crippen LogP contribution >= 0.6 is 24.0 Å². The molecule has 0 aliphatic heterocycles. The van der Waals surface area contributed by atoms with Crippen LogP contribution in [0.25, 0.3) is 0 Å². The topological polar surface area (TPSA) is 64.1 Å². The number of halogens is 1. The van der Waals surface area contributed by atoms with Crippen molar-refractivity contribution in [1.29, 1.82) is 0 Å². The lowest BCUT2D eigenvalue weighted by atomic mass is 9.89. The fourth-order valence-corrected chi connectivity index (χ4v) is 2.66. The number of aryl methyl sites for hydroxylation is 1. The van der Waals surface area contributed by atoms with Crippen LogP contribution in [0.2, 0.25) is 0 Å². The Balaban J connectivity index is 0.00000729. The number of hydrogen-bond donors (Lipinski definition) is 2. The zero-order valence-corrected chi connectivity index (χ0v) is 20.8. The maximum atomic E-state index is 5.95. The molecular formula is C21H38IN3O3. The first kappa shape index (κ1) is 26.9. The molecule has 0 bridgehead atoms. The minimum atomic E-state index is 0. The van der Waals surface area contributed by atoms with Crippen molar-refractivity contribution in [3.63, 3.8) is 0 Å². The Bertz CT molecular complexity index is 589. The van der Waals surface area contributed by atoms with Gasteiger partial charge in [-0.05, 0) is 24.0 Å². The highest BCUT2D eigenvalue weighted by Crippen LogP contribution is 2.22. The number of hydrogen-bond acceptors (Lipinski definition) is 4. The summed E-state index contributed by atoms with van der Waals surface area (Å²) in [7, 11) is 5.22. The molecule has 1 unspecified atom stereocenters. The lowest BCUT2D eigenvalue weighted by Gasteiger charge is -2.30. The Labute approximate surface area is 187 Å². The van der Waals surface area contributed by atoms with Crippen LogP contribution < -0.4 is 15.4 Å². The molecule has 0 fully saturated rings. The summed E-state index contributed by atoms with van der Waals surface area (Å²) in [6, 6.07) is 6.25. The van der Waals surface area contributed by atoms with Crippen molar-refractivity contribution < 1.29 is 14.2 Å². The third kappa shape index (κ3) is 9.93. The molecule has 2 N–H and O–H groups in total. The van der Waals surface area contributed by atoms with Crippen molar-refractivity contribution in [2.75, 3.05) is 41.0 Å². The summed E-state index contributed by atoms with van der Waals surface area (Å²) in [6.45, 7) is 11.2. The highest BCUT2D eigenvalue weighted by molar-refractivity contribution is 14.0. The molecule has 1 atom stereocenters. The van der Waals surface area contributed by atoms with E-state index in [0.717, 1.165) is 23.7 Å². The van der Waals surface area contributed by atoms with Crippen molar-refractivity contribution in [2.24, 2.45) is 10.4 Å². The molecule has 0 saturated carbocycles. The first-order valence-electron chi connectivity index (χ1n) is 9.50. The smallest absolute Gasteiger partial charge is 0.191 e. The van der Waals surface area contributed by atoms with E-state index < -0.39 is 0 Å². The standard InChI is InChI=1S/C21H37N3O3.HI/c1-16-9-10-17(18(13-16)27-12-8-11-25-6)14-23-20(22-5)24-15-19(26-7)21(2,3)4;/h9-10,13,19H,8,11-12,14-15H2,1-7H3,(H2,22,23,24);1H. The van der Waals surface area contributed by atoms with Gasteiger partial charge in [-0.2, -0.15) is 0 Å². The van der Waals surface area contributed by atoms with Crippen LogP contribution in [0.5, 0.6) is 5.75 Å². The predicted octanol–water partition coefficient (Wildman–Crippen LogP) is 3.75. The van der Waals surface area contributed by atoms with Gasteiger partial charge in [0.15, 0.2) is 5.96 Å². The van der Waals surface area contributed by atoms with Gasteiger partial charge in [-0.1, -0.05) is 32.9 Å². The van der Waals surface area contributed by atoms with Crippen molar-refractivity contribution in [1.82, 2.24) is 10.6 Å². The molecule has 0 aromatic heterocycles. The Hall–Kier alpha value is -1.06. The van der Waals surface area contributed by atoms with Crippen molar-refractivity contribution >= 4 is 29.9 Å². The lowest BCUT2D eigenvalue weighted by molar-refractivity contribution is 0.0205. The molecular weight excluding hydrogens is 469 g/mol. The van der Waals surface area contributed by atoms with Crippen LogP contribution in [-0.4, -0.2) is 53.1 Å². The zero-order valence-electron chi connectivity index (χ0n) is 18.4. The van der Waals surface area contributed by atoms with Crippen LogP contribution in [0.15, 0.2) is 23.2 Å². The largest absolute Gasteiger partial charge is 0.493 e. The van der Waals surface area contributed by atoms with Gasteiger partial charge in [0.05, 0.1) is 12.7 Å².